The molecule has 1 aromatic carbocycles. The Morgan fingerprint density at radius 3 is 2.75 bits per heavy atom. The van der Waals surface area contributed by atoms with Crippen LogP contribution < -0.4 is 0 Å². The molecule has 0 saturated carbocycles. The summed E-state index contributed by atoms with van der Waals surface area (Å²) in [6.45, 7) is 8.64. The van der Waals surface area contributed by atoms with Gasteiger partial charge in [-0.15, -0.1) is 0 Å². The Kier molecular flexibility index (Phi) is 4.47. The molecule has 0 spiro atoms. The maximum absolute atomic E-state index is 9.69. The van der Waals surface area contributed by atoms with Gasteiger partial charge in [0.2, 0.25) is 0 Å². The molecular formula is C17H24N2O. The van der Waals surface area contributed by atoms with Gasteiger partial charge in [-0.1, -0.05) is 24.3 Å². The minimum absolute atomic E-state index is 0.231. The van der Waals surface area contributed by atoms with Gasteiger partial charge in [-0.05, 0) is 50.8 Å². The van der Waals surface area contributed by atoms with Gasteiger partial charge in [0, 0.05) is 13.1 Å². The van der Waals surface area contributed by atoms with Gasteiger partial charge in [-0.3, -0.25) is 4.90 Å². The van der Waals surface area contributed by atoms with Crippen LogP contribution in [0.4, 0.5) is 0 Å². The Labute approximate surface area is 121 Å². The van der Waals surface area contributed by atoms with Crippen molar-refractivity contribution in [3.05, 3.63) is 35.4 Å². The minimum atomic E-state index is -0.458. The first kappa shape index (κ1) is 15.0. The molecule has 1 aliphatic rings. The van der Waals surface area contributed by atoms with Gasteiger partial charge in [0.15, 0.2) is 0 Å². The molecule has 3 heteroatoms. The van der Waals surface area contributed by atoms with Crippen LogP contribution >= 0.6 is 0 Å². The van der Waals surface area contributed by atoms with Gasteiger partial charge in [0.25, 0.3) is 0 Å². The van der Waals surface area contributed by atoms with E-state index in [4.69, 9.17) is 0 Å². The van der Waals surface area contributed by atoms with E-state index in [1.807, 2.05) is 32.9 Å². The number of aliphatic hydroxyl groups excluding tert-OH is 1. The zero-order valence-corrected chi connectivity index (χ0v) is 12.6. The van der Waals surface area contributed by atoms with E-state index in [0.717, 1.165) is 31.6 Å². The van der Waals surface area contributed by atoms with Crippen LogP contribution in [0.3, 0.4) is 0 Å². The van der Waals surface area contributed by atoms with E-state index in [1.165, 1.54) is 5.56 Å². The quantitative estimate of drug-likeness (QED) is 0.916. The third kappa shape index (κ3) is 3.20. The molecule has 1 heterocycles. The second kappa shape index (κ2) is 5.95. The third-order valence-electron chi connectivity index (χ3n) is 4.36. The van der Waals surface area contributed by atoms with Gasteiger partial charge in [-0.25, -0.2) is 0 Å². The lowest BCUT2D eigenvalue weighted by Crippen LogP contribution is -2.26. The maximum Gasteiger partial charge on any atom is 0.0769 e. The fourth-order valence-corrected chi connectivity index (χ4v) is 2.97. The van der Waals surface area contributed by atoms with Crippen LogP contribution in [-0.4, -0.2) is 29.2 Å². The molecule has 1 aromatic rings. The Bertz CT molecular complexity index is 502. The Morgan fingerprint density at radius 2 is 2.15 bits per heavy atom. The Hall–Kier alpha value is -1.37. The molecule has 0 amide bonds. The third-order valence-corrected chi connectivity index (χ3v) is 4.36. The van der Waals surface area contributed by atoms with Crippen molar-refractivity contribution in [2.75, 3.05) is 13.1 Å². The summed E-state index contributed by atoms with van der Waals surface area (Å²) in [5.41, 5.74) is 1.88. The Morgan fingerprint density at radius 1 is 1.45 bits per heavy atom. The fraction of sp³-hybridized carbons (Fsp3) is 0.588. The molecule has 1 aliphatic heterocycles. The number of benzene rings is 1. The largest absolute Gasteiger partial charge is 0.393 e. The molecular weight excluding hydrogens is 248 g/mol. The van der Waals surface area contributed by atoms with Crippen molar-refractivity contribution >= 4 is 0 Å². The van der Waals surface area contributed by atoms with Crippen molar-refractivity contribution in [1.29, 1.82) is 5.26 Å². The molecule has 0 bridgehead atoms. The molecule has 0 aliphatic carbocycles. The van der Waals surface area contributed by atoms with Crippen LogP contribution in [0.1, 0.15) is 38.3 Å². The molecule has 108 valence electrons. The summed E-state index contributed by atoms with van der Waals surface area (Å²) >= 11 is 0. The average Bonchev–Trinajstić information content (AvgIpc) is 2.88. The van der Waals surface area contributed by atoms with Crippen LogP contribution in [0.5, 0.6) is 0 Å². The molecule has 2 rings (SSSR count). The van der Waals surface area contributed by atoms with E-state index < -0.39 is 5.41 Å². The second-order valence-corrected chi connectivity index (χ2v) is 6.42. The molecule has 20 heavy (non-hydrogen) atoms. The van der Waals surface area contributed by atoms with Gasteiger partial charge >= 0.3 is 0 Å². The van der Waals surface area contributed by atoms with Gasteiger partial charge in [0.1, 0.15) is 0 Å². The fourth-order valence-electron chi connectivity index (χ4n) is 2.97. The molecule has 2 atom stereocenters. The summed E-state index contributed by atoms with van der Waals surface area (Å²) in [6, 6.07) is 10.6. The number of likely N-dealkylation sites (tertiary alicyclic amines) is 1. The molecule has 1 fully saturated rings. The summed E-state index contributed by atoms with van der Waals surface area (Å²) in [7, 11) is 0. The van der Waals surface area contributed by atoms with Crippen molar-refractivity contribution in [2.45, 2.75) is 45.3 Å². The van der Waals surface area contributed by atoms with E-state index in [1.54, 1.807) is 0 Å². The number of nitriles is 1. The van der Waals surface area contributed by atoms with Crippen LogP contribution in [0.25, 0.3) is 0 Å². The number of aliphatic hydroxyl groups is 1. The molecule has 0 aromatic heterocycles. The summed E-state index contributed by atoms with van der Waals surface area (Å²) in [5.74, 6) is 0.381. The molecule has 1 saturated heterocycles. The first-order valence-electron chi connectivity index (χ1n) is 7.34. The smallest absolute Gasteiger partial charge is 0.0769 e. The average molecular weight is 272 g/mol. The Balaban J connectivity index is 2.14. The summed E-state index contributed by atoms with van der Waals surface area (Å²) in [4.78, 5) is 2.38. The van der Waals surface area contributed by atoms with Crippen LogP contribution in [-0.2, 0) is 12.0 Å². The van der Waals surface area contributed by atoms with Crippen molar-refractivity contribution in [1.82, 2.24) is 4.90 Å². The number of rotatable bonds is 4. The van der Waals surface area contributed by atoms with Crippen LogP contribution in [0, 0.1) is 17.2 Å². The van der Waals surface area contributed by atoms with Crippen molar-refractivity contribution in [3.8, 4) is 6.07 Å². The number of hydrogen-bond acceptors (Lipinski definition) is 3. The standard InChI is InChI=1S/C17H24N2O/c1-13(20)14-8-9-19(10-14)11-15-6-4-5-7-16(15)17(2,3)12-18/h4-7,13-14,20H,8-11H2,1-3H3. The SMILES string of the molecule is CC(O)C1CCN(Cc2ccccc2C(C)(C)C#N)C1. The number of hydrogen-bond donors (Lipinski definition) is 1. The first-order valence-corrected chi connectivity index (χ1v) is 7.34. The van der Waals surface area contributed by atoms with Crippen LogP contribution in [0.15, 0.2) is 24.3 Å². The highest BCUT2D eigenvalue weighted by Crippen LogP contribution is 2.28. The van der Waals surface area contributed by atoms with Gasteiger partial charge in [0.05, 0.1) is 17.6 Å². The van der Waals surface area contributed by atoms with E-state index >= 15 is 0 Å². The normalized spacial score (nSPS) is 21.6. The molecule has 2 unspecified atom stereocenters. The second-order valence-electron chi connectivity index (χ2n) is 6.42. The highest BCUT2D eigenvalue weighted by molar-refractivity contribution is 5.37. The lowest BCUT2D eigenvalue weighted by Gasteiger charge is -2.24. The zero-order chi connectivity index (χ0) is 14.8. The number of nitrogens with zero attached hydrogens (tertiary/aromatic N) is 2. The van der Waals surface area contributed by atoms with E-state index in [2.05, 4.69) is 23.1 Å². The van der Waals surface area contributed by atoms with Crippen LogP contribution in [0.2, 0.25) is 0 Å². The highest BCUT2D eigenvalue weighted by Gasteiger charge is 2.28. The first-order chi connectivity index (χ1) is 9.44. The maximum atomic E-state index is 9.69. The topological polar surface area (TPSA) is 47.3 Å². The summed E-state index contributed by atoms with van der Waals surface area (Å²) < 4.78 is 0. The van der Waals surface area contributed by atoms with Crippen molar-refractivity contribution < 1.29 is 5.11 Å². The van der Waals surface area contributed by atoms with E-state index in [-0.39, 0.29) is 6.10 Å². The van der Waals surface area contributed by atoms with E-state index in [0.29, 0.717) is 5.92 Å². The summed E-state index contributed by atoms with van der Waals surface area (Å²) in [6.07, 6.45) is 0.826. The van der Waals surface area contributed by atoms with E-state index in [9.17, 15) is 10.4 Å². The monoisotopic (exact) mass is 272 g/mol. The van der Waals surface area contributed by atoms with Gasteiger partial charge < -0.3 is 5.11 Å². The van der Waals surface area contributed by atoms with Gasteiger partial charge in [-0.2, -0.15) is 5.26 Å². The minimum Gasteiger partial charge on any atom is -0.393 e. The van der Waals surface area contributed by atoms with Crippen molar-refractivity contribution in [2.24, 2.45) is 5.92 Å². The van der Waals surface area contributed by atoms with Crippen molar-refractivity contribution in [3.63, 3.8) is 0 Å². The predicted molar refractivity (Wildman–Crippen MR) is 80.1 cm³/mol. The highest BCUT2D eigenvalue weighted by atomic mass is 16.3. The molecule has 3 nitrogen and oxygen atoms in total. The predicted octanol–water partition coefficient (Wildman–Crippen LogP) is 2.69. The lowest BCUT2D eigenvalue weighted by molar-refractivity contribution is 0.127. The zero-order valence-electron chi connectivity index (χ0n) is 12.6. The summed E-state index contributed by atoms with van der Waals surface area (Å²) in [5, 5.41) is 19.0. The molecule has 1 N–H and O–H groups in total. The molecule has 0 radical (unpaired) electrons. The lowest BCUT2D eigenvalue weighted by atomic mass is 9.83.